The summed E-state index contributed by atoms with van der Waals surface area (Å²) in [5.41, 5.74) is 1.46. The number of carbonyl (C=O) groups is 1. The molecule has 5 rings (SSSR count). The number of likely N-dealkylation sites (tertiary alicyclic amines) is 1. The average Bonchev–Trinajstić information content (AvgIpc) is 3.45. The van der Waals surface area contributed by atoms with Crippen LogP contribution in [0.5, 0.6) is 0 Å². The maximum Gasteiger partial charge on any atom is 0.283 e. The van der Waals surface area contributed by atoms with Crippen molar-refractivity contribution in [3.63, 3.8) is 0 Å². The molecule has 39 heavy (non-hydrogen) atoms. The maximum atomic E-state index is 15.8. The molecule has 0 saturated carbocycles. The van der Waals surface area contributed by atoms with Crippen molar-refractivity contribution in [3.05, 3.63) is 101 Å². The van der Waals surface area contributed by atoms with Gasteiger partial charge in [0, 0.05) is 31.9 Å². The van der Waals surface area contributed by atoms with E-state index >= 15 is 4.39 Å². The molecule has 3 heterocycles. The predicted octanol–water partition coefficient (Wildman–Crippen LogP) is 4.78. The van der Waals surface area contributed by atoms with Crippen molar-refractivity contribution in [2.24, 2.45) is 0 Å². The van der Waals surface area contributed by atoms with E-state index in [0.29, 0.717) is 25.9 Å². The number of nitrogens with one attached hydrogen (secondary N) is 2. The first kappa shape index (κ1) is 26.3. The Balaban J connectivity index is 1.41. The second-order valence-corrected chi connectivity index (χ2v) is 10.7. The van der Waals surface area contributed by atoms with Gasteiger partial charge in [0.25, 0.3) is 15.9 Å². The third kappa shape index (κ3) is 5.90. The molecular formula is C27H25F2N5O4S. The summed E-state index contributed by atoms with van der Waals surface area (Å²) in [7, 11) is -4.48. The molecule has 2 aromatic carbocycles. The molecule has 202 valence electrons. The minimum absolute atomic E-state index is 0.0796. The van der Waals surface area contributed by atoms with Gasteiger partial charge in [0.05, 0.1) is 11.3 Å². The van der Waals surface area contributed by atoms with Crippen LogP contribution in [0.3, 0.4) is 0 Å². The van der Waals surface area contributed by atoms with Gasteiger partial charge in [-0.2, -0.15) is 8.42 Å². The fraction of sp³-hybridized carbons (Fsp3) is 0.222. The molecule has 0 unspecified atom stereocenters. The van der Waals surface area contributed by atoms with Crippen LogP contribution in [0, 0.1) is 11.6 Å². The molecule has 0 atom stereocenters. The lowest BCUT2D eigenvalue weighted by Crippen LogP contribution is -2.38. The number of hydrogen-bond acceptors (Lipinski definition) is 7. The summed E-state index contributed by atoms with van der Waals surface area (Å²) in [6.45, 7) is 0.938. The smallest absolute Gasteiger partial charge is 0.283 e. The maximum absolute atomic E-state index is 15.8. The Morgan fingerprint density at radius 2 is 1.74 bits per heavy atom. The number of aromatic nitrogens is 2. The molecule has 1 fully saturated rings. The summed E-state index contributed by atoms with van der Waals surface area (Å²) < 4.78 is 61.6. The number of hydrogen-bond donors (Lipinski definition) is 2. The molecule has 12 heteroatoms. The number of rotatable bonds is 8. The van der Waals surface area contributed by atoms with Gasteiger partial charge in [0.15, 0.2) is 11.6 Å². The molecule has 0 radical (unpaired) electrons. The number of nitrogens with zero attached hydrogens (tertiary/aromatic N) is 3. The third-order valence-electron chi connectivity index (χ3n) is 6.58. The summed E-state index contributed by atoms with van der Waals surface area (Å²) in [4.78, 5) is 18.9. The van der Waals surface area contributed by atoms with Gasteiger partial charge in [-0.3, -0.25) is 9.52 Å². The Kier molecular flexibility index (Phi) is 7.55. The highest BCUT2D eigenvalue weighted by atomic mass is 32.2. The van der Waals surface area contributed by atoms with E-state index in [1.165, 1.54) is 18.2 Å². The second-order valence-electron chi connectivity index (χ2n) is 9.11. The van der Waals surface area contributed by atoms with E-state index in [-0.39, 0.29) is 35.3 Å². The summed E-state index contributed by atoms with van der Waals surface area (Å²) in [6.07, 6.45) is 3.53. The van der Waals surface area contributed by atoms with E-state index < -0.39 is 26.8 Å². The van der Waals surface area contributed by atoms with E-state index in [4.69, 9.17) is 0 Å². The summed E-state index contributed by atoms with van der Waals surface area (Å²) in [5, 5.41) is 5.51. The van der Waals surface area contributed by atoms with Crippen LogP contribution in [0.15, 0.2) is 82.7 Å². The molecule has 0 aliphatic carbocycles. The van der Waals surface area contributed by atoms with Crippen molar-refractivity contribution < 1.29 is 26.5 Å². The minimum atomic E-state index is -4.48. The van der Waals surface area contributed by atoms with Crippen LogP contribution in [-0.2, 0) is 16.6 Å². The summed E-state index contributed by atoms with van der Waals surface area (Å²) in [6, 6.07) is 16.7. The number of halogens is 2. The zero-order valence-corrected chi connectivity index (χ0v) is 21.5. The number of anilines is 2. The number of sulfonamides is 1. The molecule has 4 aromatic rings. The van der Waals surface area contributed by atoms with Crippen LogP contribution in [-0.4, -0.2) is 42.5 Å². The fourth-order valence-corrected chi connectivity index (χ4v) is 5.56. The first-order valence-corrected chi connectivity index (χ1v) is 13.7. The van der Waals surface area contributed by atoms with Gasteiger partial charge in [-0.15, -0.1) is 0 Å². The number of benzene rings is 2. The highest BCUT2D eigenvalue weighted by molar-refractivity contribution is 7.92. The van der Waals surface area contributed by atoms with Crippen molar-refractivity contribution in [1.29, 1.82) is 0 Å². The Hall–Kier alpha value is -4.32. The van der Waals surface area contributed by atoms with Crippen LogP contribution < -0.4 is 10.0 Å². The van der Waals surface area contributed by atoms with Crippen molar-refractivity contribution in [2.75, 3.05) is 23.1 Å². The van der Waals surface area contributed by atoms with Gasteiger partial charge in [-0.25, -0.2) is 13.8 Å². The molecule has 1 saturated heterocycles. The van der Waals surface area contributed by atoms with E-state index in [2.05, 4.69) is 24.7 Å². The molecule has 1 aliphatic heterocycles. The molecule has 0 bridgehead atoms. The van der Waals surface area contributed by atoms with Gasteiger partial charge >= 0.3 is 0 Å². The van der Waals surface area contributed by atoms with Crippen molar-refractivity contribution in [1.82, 2.24) is 15.0 Å². The van der Waals surface area contributed by atoms with Crippen LogP contribution >= 0.6 is 0 Å². The average molecular weight is 554 g/mol. The lowest BCUT2D eigenvalue weighted by molar-refractivity contribution is 0.0712. The van der Waals surface area contributed by atoms with Gasteiger partial charge in [0.2, 0.25) is 5.03 Å². The predicted molar refractivity (Wildman–Crippen MR) is 140 cm³/mol. The lowest BCUT2D eigenvalue weighted by atomic mass is 9.89. The zero-order chi connectivity index (χ0) is 27.4. The second kappa shape index (κ2) is 11.2. The quantitative estimate of drug-likeness (QED) is 0.322. The van der Waals surface area contributed by atoms with Crippen LogP contribution in [0.25, 0.3) is 0 Å². The van der Waals surface area contributed by atoms with Crippen molar-refractivity contribution in [3.8, 4) is 0 Å². The largest absolute Gasteiger partial charge is 0.378 e. The van der Waals surface area contributed by atoms with Gasteiger partial charge in [-0.1, -0.05) is 47.6 Å². The molecule has 0 spiro atoms. The minimum Gasteiger partial charge on any atom is -0.378 e. The standard InChI is InChI=1S/C27H25F2N5O4S/c28-21-8-6-19(7-9-21)20-10-13-34(14-11-20)27(35)22-17-31-26(39(36,37)33-23-12-15-38-32-23)24(29)25(22)30-16-18-4-2-1-3-5-18/h1-9,12,15,17,20H,10-11,13-14,16H2,(H,30,31)(H,32,33). The number of piperidine rings is 1. The van der Waals surface area contributed by atoms with Crippen LogP contribution in [0.4, 0.5) is 20.3 Å². The Morgan fingerprint density at radius 3 is 2.41 bits per heavy atom. The van der Waals surface area contributed by atoms with E-state index in [0.717, 1.165) is 23.6 Å². The Morgan fingerprint density at radius 1 is 1.03 bits per heavy atom. The summed E-state index contributed by atoms with van der Waals surface area (Å²) >= 11 is 0. The highest BCUT2D eigenvalue weighted by Crippen LogP contribution is 2.31. The zero-order valence-electron chi connectivity index (χ0n) is 20.7. The lowest BCUT2D eigenvalue weighted by Gasteiger charge is -2.32. The molecule has 1 amide bonds. The summed E-state index contributed by atoms with van der Waals surface area (Å²) in [5.74, 6) is -1.94. The SMILES string of the molecule is O=C(c1cnc(S(=O)(=O)Nc2ccon2)c(F)c1NCc1ccccc1)N1CCC(c2ccc(F)cc2)CC1. The first-order valence-electron chi connectivity index (χ1n) is 12.3. The Labute approximate surface area is 223 Å². The van der Waals surface area contributed by atoms with E-state index in [1.807, 2.05) is 30.3 Å². The molecule has 2 N–H and O–H groups in total. The Bertz CT molecular complexity index is 1540. The van der Waals surface area contributed by atoms with E-state index in [1.54, 1.807) is 17.0 Å². The van der Waals surface area contributed by atoms with Crippen molar-refractivity contribution in [2.45, 2.75) is 30.3 Å². The molecular weight excluding hydrogens is 528 g/mol. The molecule has 2 aromatic heterocycles. The fourth-order valence-electron chi connectivity index (χ4n) is 4.55. The van der Waals surface area contributed by atoms with E-state index in [9.17, 15) is 17.6 Å². The molecule has 1 aliphatic rings. The normalized spacial score (nSPS) is 14.3. The van der Waals surface area contributed by atoms with Gasteiger partial charge in [-0.05, 0) is 42.0 Å². The number of amides is 1. The molecule has 9 nitrogen and oxygen atoms in total. The van der Waals surface area contributed by atoms with Gasteiger partial charge in [0.1, 0.15) is 12.1 Å². The number of pyridine rings is 1. The van der Waals surface area contributed by atoms with Gasteiger partial charge < -0.3 is 14.7 Å². The van der Waals surface area contributed by atoms with Crippen LogP contribution in [0.1, 0.15) is 40.2 Å². The van der Waals surface area contributed by atoms with Crippen LogP contribution in [0.2, 0.25) is 0 Å². The van der Waals surface area contributed by atoms with Crippen molar-refractivity contribution >= 4 is 27.4 Å². The topological polar surface area (TPSA) is 117 Å². The number of carbonyl (C=O) groups excluding carboxylic acids is 1. The highest BCUT2D eigenvalue weighted by Gasteiger charge is 2.31. The third-order valence-corrected chi connectivity index (χ3v) is 7.86. The monoisotopic (exact) mass is 553 g/mol. The first-order chi connectivity index (χ1) is 18.8.